The molecule has 0 aliphatic rings. The fourth-order valence-electron chi connectivity index (χ4n) is 0.949. The van der Waals surface area contributed by atoms with Crippen molar-refractivity contribution in [2.75, 3.05) is 0 Å². The van der Waals surface area contributed by atoms with E-state index in [2.05, 4.69) is 10.3 Å². The van der Waals surface area contributed by atoms with Gasteiger partial charge in [0.15, 0.2) is 0 Å². The molecule has 1 aromatic rings. The van der Waals surface area contributed by atoms with E-state index in [0.717, 1.165) is 5.70 Å². The van der Waals surface area contributed by atoms with Crippen LogP contribution in [0.15, 0.2) is 30.2 Å². The third-order valence-corrected chi connectivity index (χ3v) is 1.87. The first-order valence-corrected chi connectivity index (χ1v) is 4.46. The normalized spacial score (nSPS) is 10.6. The van der Waals surface area contributed by atoms with E-state index in [1.54, 1.807) is 13.0 Å². The zero-order valence-electron chi connectivity index (χ0n) is 8.61. The van der Waals surface area contributed by atoms with Crippen LogP contribution in [0, 0.1) is 11.3 Å². The lowest BCUT2D eigenvalue weighted by molar-refractivity contribution is 0.0965. The highest BCUT2D eigenvalue weighted by Gasteiger charge is 2.06. The summed E-state index contributed by atoms with van der Waals surface area (Å²) in [6.45, 7) is 3.62. The Bertz CT molecular complexity index is 443. The largest absolute Gasteiger partial charge is 0.326 e. The van der Waals surface area contributed by atoms with Gasteiger partial charge in [0.05, 0.1) is 11.1 Å². The van der Waals surface area contributed by atoms with Crippen molar-refractivity contribution in [3.8, 4) is 6.07 Å². The molecule has 0 aliphatic heterocycles. The van der Waals surface area contributed by atoms with Gasteiger partial charge in [-0.05, 0) is 19.9 Å². The molecule has 0 atom stereocenters. The highest BCUT2D eigenvalue weighted by Crippen LogP contribution is 2.02. The summed E-state index contributed by atoms with van der Waals surface area (Å²) in [6.07, 6.45) is 4.64. The zero-order valence-corrected chi connectivity index (χ0v) is 8.61. The van der Waals surface area contributed by atoms with Crippen LogP contribution in [0.3, 0.4) is 0 Å². The lowest BCUT2D eigenvalue weighted by Gasteiger charge is -2.03. The van der Waals surface area contributed by atoms with E-state index in [1.165, 1.54) is 18.5 Å². The predicted octanol–water partition coefficient (Wildman–Crippen LogP) is 1.61. The van der Waals surface area contributed by atoms with Crippen LogP contribution in [0.25, 0.3) is 0 Å². The standard InChI is InChI=1S/C11H11N3O/c1-3-8(2)14-11(15)10-4-9(5-12)6-13-7-10/h3-4,6-7H,1-2H3,(H,14,15)/b8-3+. The second-order valence-corrected chi connectivity index (χ2v) is 3.00. The Morgan fingerprint density at radius 1 is 1.60 bits per heavy atom. The molecule has 4 nitrogen and oxygen atoms in total. The number of aromatic nitrogens is 1. The minimum atomic E-state index is -0.254. The van der Waals surface area contributed by atoms with Crippen molar-refractivity contribution in [2.24, 2.45) is 0 Å². The van der Waals surface area contributed by atoms with Gasteiger partial charge in [-0.3, -0.25) is 9.78 Å². The molecule has 1 rings (SSSR count). The van der Waals surface area contributed by atoms with E-state index in [4.69, 9.17) is 5.26 Å². The van der Waals surface area contributed by atoms with E-state index in [-0.39, 0.29) is 5.91 Å². The van der Waals surface area contributed by atoms with E-state index in [1.807, 2.05) is 13.0 Å². The van der Waals surface area contributed by atoms with Crippen LogP contribution in [0.2, 0.25) is 0 Å². The van der Waals surface area contributed by atoms with Crippen LogP contribution in [0.1, 0.15) is 29.8 Å². The molecular weight excluding hydrogens is 190 g/mol. The van der Waals surface area contributed by atoms with Crippen molar-refractivity contribution in [1.82, 2.24) is 10.3 Å². The van der Waals surface area contributed by atoms with Crippen LogP contribution >= 0.6 is 0 Å². The summed E-state index contributed by atoms with van der Waals surface area (Å²) < 4.78 is 0. The number of hydrogen-bond donors (Lipinski definition) is 1. The van der Waals surface area contributed by atoms with Gasteiger partial charge in [-0.2, -0.15) is 5.26 Å². The summed E-state index contributed by atoms with van der Waals surface area (Å²) in [6, 6.07) is 3.44. The van der Waals surface area contributed by atoms with Gasteiger partial charge in [-0.1, -0.05) is 6.08 Å². The Morgan fingerprint density at radius 2 is 2.33 bits per heavy atom. The molecule has 0 saturated carbocycles. The van der Waals surface area contributed by atoms with Crippen molar-refractivity contribution in [3.05, 3.63) is 41.4 Å². The number of amides is 1. The maximum absolute atomic E-state index is 11.6. The molecule has 0 unspecified atom stereocenters. The molecular formula is C11H11N3O. The Morgan fingerprint density at radius 3 is 2.93 bits per heavy atom. The van der Waals surface area contributed by atoms with Crippen molar-refractivity contribution >= 4 is 5.91 Å². The highest BCUT2D eigenvalue weighted by atomic mass is 16.1. The molecule has 15 heavy (non-hydrogen) atoms. The van der Waals surface area contributed by atoms with Gasteiger partial charge in [-0.15, -0.1) is 0 Å². The van der Waals surface area contributed by atoms with E-state index in [0.29, 0.717) is 11.1 Å². The molecule has 0 aromatic carbocycles. The summed E-state index contributed by atoms with van der Waals surface area (Å²) in [5, 5.41) is 11.3. The van der Waals surface area contributed by atoms with Crippen LogP contribution < -0.4 is 5.32 Å². The molecule has 1 N–H and O–H groups in total. The van der Waals surface area contributed by atoms with Crippen LogP contribution in [0.4, 0.5) is 0 Å². The van der Waals surface area contributed by atoms with Crippen LogP contribution in [0.5, 0.6) is 0 Å². The van der Waals surface area contributed by atoms with Gasteiger partial charge < -0.3 is 5.32 Å². The Labute approximate surface area is 88.3 Å². The topological polar surface area (TPSA) is 65.8 Å². The predicted molar refractivity (Wildman–Crippen MR) is 55.8 cm³/mol. The first-order chi connectivity index (χ1) is 7.17. The molecule has 0 aliphatic carbocycles. The molecule has 0 saturated heterocycles. The summed E-state index contributed by atoms with van der Waals surface area (Å²) >= 11 is 0. The number of nitrogens with one attached hydrogen (secondary N) is 1. The van der Waals surface area contributed by atoms with E-state index in [9.17, 15) is 4.79 Å². The molecule has 1 aromatic heterocycles. The number of carbonyl (C=O) groups excluding carboxylic acids is 1. The summed E-state index contributed by atoms with van der Waals surface area (Å²) in [5.41, 5.74) is 1.53. The first kappa shape index (κ1) is 10.9. The molecule has 0 bridgehead atoms. The molecule has 4 heteroatoms. The summed E-state index contributed by atoms with van der Waals surface area (Å²) in [7, 11) is 0. The van der Waals surface area contributed by atoms with Gasteiger partial charge in [-0.25, -0.2) is 0 Å². The number of rotatable bonds is 2. The fraction of sp³-hybridized carbons (Fsp3) is 0.182. The fourth-order valence-corrected chi connectivity index (χ4v) is 0.949. The highest BCUT2D eigenvalue weighted by molar-refractivity contribution is 5.95. The van der Waals surface area contributed by atoms with Gasteiger partial charge >= 0.3 is 0 Å². The first-order valence-electron chi connectivity index (χ1n) is 4.46. The molecule has 0 radical (unpaired) electrons. The lowest BCUT2D eigenvalue weighted by Crippen LogP contribution is -2.21. The van der Waals surface area contributed by atoms with Crippen molar-refractivity contribution in [1.29, 1.82) is 5.26 Å². The molecule has 1 heterocycles. The number of allylic oxidation sites excluding steroid dienone is 2. The van der Waals surface area contributed by atoms with Crippen molar-refractivity contribution in [3.63, 3.8) is 0 Å². The third kappa shape index (κ3) is 2.92. The quantitative estimate of drug-likeness (QED) is 0.790. The smallest absolute Gasteiger partial charge is 0.256 e. The maximum Gasteiger partial charge on any atom is 0.256 e. The number of nitriles is 1. The number of hydrogen-bond acceptors (Lipinski definition) is 3. The minimum Gasteiger partial charge on any atom is -0.326 e. The van der Waals surface area contributed by atoms with Crippen molar-refractivity contribution in [2.45, 2.75) is 13.8 Å². The average Bonchev–Trinajstić information content (AvgIpc) is 2.28. The Hall–Kier alpha value is -2.15. The van der Waals surface area contributed by atoms with Gasteiger partial charge in [0.2, 0.25) is 0 Å². The zero-order chi connectivity index (χ0) is 11.3. The number of pyridine rings is 1. The number of carbonyl (C=O) groups is 1. The summed E-state index contributed by atoms with van der Waals surface area (Å²) in [5.74, 6) is -0.254. The van der Waals surface area contributed by atoms with Crippen LogP contribution in [-0.2, 0) is 0 Å². The van der Waals surface area contributed by atoms with Gasteiger partial charge in [0.25, 0.3) is 5.91 Å². The van der Waals surface area contributed by atoms with Crippen LogP contribution in [-0.4, -0.2) is 10.9 Å². The summed E-state index contributed by atoms with van der Waals surface area (Å²) in [4.78, 5) is 15.4. The van der Waals surface area contributed by atoms with E-state index >= 15 is 0 Å². The second-order valence-electron chi connectivity index (χ2n) is 3.00. The molecule has 1 amide bonds. The second kappa shape index (κ2) is 4.91. The number of nitrogens with zero attached hydrogens (tertiary/aromatic N) is 2. The van der Waals surface area contributed by atoms with Crippen molar-refractivity contribution < 1.29 is 4.79 Å². The SMILES string of the molecule is C/C=C(\C)NC(=O)c1cncc(C#N)c1. The maximum atomic E-state index is 11.6. The van der Waals surface area contributed by atoms with Gasteiger partial charge in [0.1, 0.15) is 6.07 Å². The van der Waals surface area contributed by atoms with Gasteiger partial charge in [0, 0.05) is 18.1 Å². The molecule has 0 fully saturated rings. The Kier molecular flexibility index (Phi) is 3.58. The lowest BCUT2D eigenvalue weighted by atomic mass is 10.2. The van der Waals surface area contributed by atoms with E-state index < -0.39 is 0 Å². The molecule has 76 valence electrons. The minimum absolute atomic E-state index is 0.254. The third-order valence-electron chi connectivity index (χ3n) is 1.87. The molecule has 0 spiro atoms. The average molecular weight is 201 g/mol. The monoisotopic (exact) mass is 201 g/mol. The Balaban J connectivity index is 2.88.